The normalized spacial score (nSPS) is 15.0. The van der Waals surface area contributed by atoms with E-state index in [2.05, 4.69) is 30.9 Å². The number of fused-ring (bicyclic) bond motifs is 1. The third kappa shape index (κ3) is 4.66. The Hall–Kier alpha value is -2.28. The van der Waals surface area contributed by atoms with Crippen LogP contribution in [-0.2, 0) is 4.74 Å². The lowest BCUT2D eigenvalue weighted by atomic mass is 10.1. The van der Waals surface area contributed by atoms with Crippen LogP contribution < -0.4 is 4.90 Å². The number of ether oxygens (including phenoxy) is 1. The quantitative estimate of drug-likeness (QED) is 0.610. The smallest absolute Gasteiger partial charge is 0.260 e. The highest BCUT2D eigenvalue weighted by Gasteiger charge is 2.22. The van der Waals surface area contributed by atoms with Crippen LogP contribution in [0.3, 0.4) is 0 Å². The minimum absolute atomic E-state index is 0.0148. The van der Waals surface area contributed by atoms with Crippen molar-refractivity contribution in [1.82, 2.24) is 9.88 Å². The summed E-state index contributed by atoms with van der Waals surface area (Å²) in [7, 11) is 0. The van der Waals surface area contributed by atoms with Crippen molar-refractivity contribution in [2.75, 3.05) is 44.3 Å². The van der Waals surface area contributed by atoms with Crippen molar-refractivity contribution in [1.29, 1.82) is 0 Å². The Balaban J connectivity index is 1.59. The number of anilines is 1. The van der Waals surface area contributed by atoms with Gasteiger partial charge in [-0.1, -0.05) is 35.6 Å². The second-order valence-electron chi connectivity index (χ2n) is 7.56. The average Bonchev–Trinajstić information content (AvgIpc) is 3.16. The Bertz CT molecular complexity index is 980. The fourth-order valence-corrected chi connectivity index (χ4v) is 4.94. The predicted octanol–water partition coefficient (Wildman–Crippen LogP) is 4.28. The minimum atomic E-state index is 0.0148. The Morgan fingerprint density at radius 3 is 2.69 bits per heavy atom. The Labute approximate surface area is 175 Å². The van der Waals surface area contributed by atoms with Crippen LogP contribution in [0.5, 0.6) is 0 Å². The molecule has 0 unspecified atom stereocenters. The number of aromatic nitrogens is 1. The van der Waals surface area contributed by atoms with Gasteiger partial charge in [-0.2, -0.15) is 0 Å². The van der Waals surface area contributed by atoms with E-state index in [0.29, 0.717) is 12.1 Å². The van der Waals surface area contributed by atoms with E-state index in [-0.39, 0.29) is 5.91 Å². The second-order valence-corrected chi connectivity index (χ2v) is 8.56. The molecule has 4 rings (SSSR count). The van der Waals surface area contributed by atoms with Crippen molar-refractivity contribution in [2.24, 2.45) is 0 Å². The monoisotopic (exact) mass is 409 g/mol. The third-order valence-corrected chi connectivity index (χ3v) is 6.30. The van der Waals surface area contributed by atoms with Crippen LogP contribution in [0.25, 0.3) is 10.2 Å². The van der Waals surface area contributed by atoms with Crippen LogP contribution in [0.4, 0.5) is 5.13 Å². The van der Waals surface area contributed by atoms with Crippen LogP contribution in [0.1, 0.15) is 27.9 Å². The average molecular weight is 410 g/mol. The molecule has 1 aromatic heterocycles. The fourth-order valence-electron chi connectivity index (χ4n) is 3.77. The molecule has 1 aliphatic heterocycles. The number of carbonyl (C=O) groups is 1. The van der Waals surface area contributed by atoms with E-state index in [1.54, 1.807) is 11.3 Å². The van der Waals surface area contributed by atoms with Gasteiger partial charge in [0.05, 0.1) is 23.4 Å². The summed E-state index contributed by atoms with van der Waals surface area (Å²) in [6.07, 6.45) is 0.909. The number of rotatable bonds is 6. The van der Waals surface area contributed by atoms with Gasteiger partial charge < -0.3 is 4.74 Å². The van der Waals surface area contributed by atoms with E-state index in [9.17, 15) is 4.79 Å². The molecule has 0 aliphatic carbocycles. The molecule has 0 spiro atoms. The first-order chi connectivity index (χ1) is 14.1. The zero-order chi connectivity index (χ0) is 20.2. The SMILES string of the molecule is Cc1cc(C)c2nc(N(CCCN3CCOCC3)C(=O)c3ccccc3)sc2c1. The summed E-state index contributed by atoms with van der Waals surface area (Å²) in [5.74, 6) is 0.0148. The van der Waals surface area contributed by atoms with Crippen molar-refractivity contribution >= 4 is 32.6 Å². The molecule has 1 fully saturated rings. The molecular weight excluding hydrogens is 382 g/mol. The zero-order valence-corrected chi connectivity index (χ0v) is 17.9. The van der Waals surface area contributed by atoms with Crippen molar-refractivity contribution < 1.29 is 9.53 Å². The molecule has 2 heterocycles. The van der Waals surface area contributed by atoms with Crippen molar-refractivity contribution in [3.63, 3.8) is 0 Å². The lowest BCUT2D eigenvalue weighted by molar-refractivity contribution is 0.0376. The number of thiazole rings is 1. The number of carbonyl (C=O) groups excluding carboxylic acids is 1. The molecule has 1 amide bonds. The summed E-state index contributed by atoms with van der Waals surface area (Å²) in [5, 5.41) is 0.782. The first kappa shape index (κ1) is 20.0. The van der Waals surface area contributed by atoms with Gasteiger partial charge in [-0.25, -0.2) is 4.98 Å². The number of amides is 1. The molecule has 0 radical (unpaired) electrons. The molecular formula is C23H27N3O2S. The molecule has 2 aromatic carbocycles. The second kappa shape index (κ2) is 9.03. The summed E-state index contributed by atoms with van der Waals surface area (Å²) < 4.78 is 6.57. The lowest BCUT2D eigenvalue weighted by Crippen LogP contribution is -2.39. The van der Waals surface area contributed by atoms with Crippen molar-refractivity contribution in [3.05, 3.63) is 59.2 Å². The van der Waals surface area contributed by atoms with E-state index in [1.165, 1.54) is 5.56 Å². The summed E-state index contributed by atoms with van der Waals surface area (Å²) in [6, 6.07) is 13.8. The molecule has 152 valence electrons. The number of aryl methyl sites for hydroxylation is 2. The summed E-state index contributed by atoms with van der Waals surface area (Å²) in [5.41, 5.74) is 4.07. The lowest BCUT2D eigenvalue weighted by Gasteiger charge is -2.27. The summed E-state index contributed by atoms with van der Waals surface area (Å²) in [6.45, 7) is 9.32. The maximum absolute atomic E-state index is 13.3. The molecule has 0 bridgehead atoms. The first-order valence-corrected chi connectivity index (χ1v) is 11.0. The van der Waals surface area contributed by atoms with Crippen LogP contribution in [0.2, 0.25) is 0 Å². The molecule has 5 nitrogen and oxygen atoms in total. The van der Waals surface area contributed by atoms with E-state index >= 15 is 0 Å². The molecule has 0 saturated carbocycles. The predicted molar refractivity (Wildman–Crippen MR) is 119 cm³/mol. The van der Waals surface area contributed by atoms with Crippen LogP contribution in [0, 0.1) is 13.8 Å². The van der Waals surface area contributed by atoms with Gasteiger partial charge in [0, 0.05) is 31.7 Å². The molecule has 1 aliphatic rings. The number of hydrogen-bond acceptors (Lipinski definition) is 5. The Morgan fingerprint density at radius 2 is 1.93 bits per heavy atom. The van der Waals surface area contributed by atoms with E-state index in [4.69, 9.17) is 9.72 Å². The van der Waals surface area contributed by atoms with Gasteiger partial charge in [-0.3, -0.25) is 14.6 Å². The van der Waals surface area contributed by atoms with Crippen LogP contribution in [0.15, 0.2) is 42.5 Å². The molecule has 0 N–H and O–H groups in total. The van der Waals surface area contributed by atoms with Crippen molar-refractivity contribution in [3.8, 4) is 0 Å². The van der Waals surface area contributed by atoms with Crippen LogP contribution in [-0.4, -0.2) is 55.2 Å². The third-order valence-electron chi connectivity index (χ3n) is 5.28. The highest BCUT2D eigenvalue weighted by atomic mass is 32.1. The summed E-state index contributed by atoms with van der Waals surface area (Å²) >= 11 is 1.60. The minimum Gasteiger partial charge on any atom is -0.379 e. The van der Waals surface area contributed by atoms with Gasteiger partial charge in [-0.15, -0.1) is 0 Å². The molecule has 29 heavy (non-hydrogen) atoms. The van der Waals surface area contributed by atoms with E-state index < -0.39 is 0 Å². The molecule has 1 saturated heterocycles. The van der Waals surface area contributed by atoms with Gasteiger partial charge in [0.2, 0.25) is 0 Å². The highest BCUT2D eigenvalue weighted by molar-refractivity contribution is 7.22. The fraction of sp³-hybridized carbons (Fsp3) is 0.391. The zero-order valence-electron chi connectivity index (χ0n) is 17.1. The van der Waals surface area contributed by atoms with E-state index in [0.717, 1.165) is 60.2 Å². The Morgan fingerprint density at radius 1 is 1.17 bits per heavy atom. The molecule has 3 aromatic rings. The Kier molecular flexibility index (Phi) is 6.23. The number of hydrogen-bond donors (Lipinski definition) is 0. The summed E-state index contributed by atoms with van der Waals surface area (Å²) in [4.78, 5) is 22.4. The standard InChI is InChI=1S/C23H27N3O2S/c1-17-15-18(2)21-20(16-17)29-23(24-21)26(22(27)19-7-4-3-5-8-19)10-6-9-25-11-13-28-14-12-25/h3-5,7-8,15-16H,6,9-14H2,1-2H3. The van der Waals surface area contributed by atoms with Gasteiger partial charge in [0.1, 0.15) is 0 Å². The number of morpholine rings is 1. The maximum Gasteiger partial charge on any atom is 0.260 e. The molecule has 6 heteroatoms. The topological polar surface area (TPSA) is 45.7 Å². The van der Waals surface area contributed by atoms with Gasteiger partial charge in [-0.05, 0) is 49.6 Å². The van der Waals surface area contributed by atoms with Crippen molar-refractivity contribution in [2.45, 2.75) is 20.3 Å². The number of nitrogens with zero attached hydrogens (tertiary/aromatic N) is 3. The van der Waals surface area contributed by atoms with Gasteiger partial charge in [0.15, 0.2) is 5.13 Å². The largest absolute Gasteiger partial charge is 0.379 e. The van der Waals surface area contributed by atoms with Crippen LogP contribution >= 0.6 is 11.3 Å². The van der Waals surface area contributed by atoms with Gasteiger partial charge in [0.25, 0.3) is 5.91 Å². The first-order valence-electron chi connectivity index (χ1n) is 10.2. The molecule has 0 atom stereocenters. The number of benzene rings is 2. The van der Waals surface area contributed by atoms with Gasteiger partial charge >= 0.3 is 0 Å². The highest BCUT2D eigenvalue weighted by Crippen LogP contribution is 2.32. The van der Waals surface area contributed by atoms with E-state index in [1.807, 2.05) is 35.2 Å². The maximum atomic E-state index is 13.3.